The fraction of sp³-hybridized carbons (Fsp3) is 0.0455. The fourth-order valence-electron chi connectivity index (χ4n) is 3.38. The van der Waals surface area contributed by atoms with Gasteiger partial charge in [0.1, 0.15) is 11.5 Å². The van der Waals surface area contributed by atoms with Gasteiger partial charge in [-0.15, -0.1) is 0 Å². The van der Waals surface area contributed by atoms with Crippen LogP contribution in [0.2, 0.25) is 5.02 Å². The second-order valence-electron chi connectivity index (χ2n) is 6.89. The molecule has 1 N–H and O–H groups in total. The number of carboxylic acid groups (broad SMARTS) is 1. The van der Waals surface area contributed by atoms with Crippen LogP contribution in [0.1, 0.15) is 26.3 Å². The number of hydrogen-bond donors (Lipinski definition) is 1. The van der Waals surface area contributed by atoms with E-state index in [4.69, 9.17) is 16.7 Å². The van der Waals surface area contributed by atoms with Gasteiger partial charge in [-0.1, -0.05) is 45.7 Å². The van der Waals surface area contributed by atoms with Gasteiger partial charge >= 0.3 is 12.1 Å². The van der Waals surface area contributed by atoms with Gasteiger partial charge in [0.25, 0.3) is 5.91 Å². The Morgan fingerprint density at radius 2 is 1.73 bits per heavy atom. The monoisotopic (exact) mass is 540 g/mol. The Labute approximate surface area is 196 Å². The molecule has 0 unspecified atom stereocenters. The summed E-state index contributed by atoms with van der Waals surface area (Å²) in [5, 5.41) is 12.6. The van der Waals surface area contributed by atoms with Crippen molar-refractivity contribution in [2.45, 2.75) is 6.18 Å². The van der Waals surface area contributed by atoms with Gasteiger partial charge in [-0.25, -0.2) is 9.18 Å². The SMILES string of the molecule is O=C(O)c1ccc(-c2nn(C(=O)c3c(Cl)cccc3C(F)(F)F)c3cc(Br)cc(F)c23)cc1. The zero-order valence-electron chi connectivity index (χ0n) is 16.1. The summed E-state index contributed by atoms with van der Waals surface area (Å²) in [5.74, 6) is -3.17. The minimum absolute atomic E-state index is 0.0346. The van der Waals surface area contributed by atoms with E-state index in [9.17, 15) is 27.2 Å². The molecule has 4 rings (SSSR count). The Morgan fingerprint density at radius 1 is 1.06 bits per heavy atom. The van der Waals surface area contributed by atoms with Crippen molar-refractivity contribution in [3.8, 4) is 11.3 Å². The van der Waals surface area contributed by atoms with Crippen LogP contribution in [0.5, 0.6) is 0 Å². The van der Waals surface area contributed by atoms with Gasteiger partial charge in [0.2, 0.25) is 0 Å². The predicted octanol–water partition coefficient (Wildman–Crippen LogP) is 6.66. The van der Waals surface area contributed by atoms with Crippen LogP contribution in [0.3, 0.4) is 0 Å². The second-order valence-corrected chi connectivity index (χ2v) is 8.21. The molecule has 0 saturated carbocycles. The van der Waals surface area contributed by atoms with Gasteiger partial charge in [-0.05, 0) is 36.4 Å². The number of nitrogens with zero attached hydrogens (tertiary/aromatic N) is 2. The van der Waals surface area contributed by atoms with Gasteiger partial charge < -0.3 is 5.11 Å². The van der Waals surface area contributed by atoms with Crippen molar-refractivity contribution >= 4 is 50.3 Å². The first kappa shape index (κ1) is 22.9. The van der Waals surface area contributed by atoms with Crippen molar-refractivity contribution in [1.82, 2.24) is 9.78 Å². The third-order valence-corrected chi connectivity index (χ3v) is 5.60. The summed E-state index contributed by atoms with van der Waals surface area (Å²) in [6, 6.07) is 10.6. The highest BCUT2D eigenvalue weighted by molar-refractivity contribution is 9.10. The van der Waals surface area contributed by atoms with Crippen LogP contribution in [-0.4, -0.2) is 26.8 Å². The van der Waals surface area contributed by atoms with Crippen molar-refractivity contribution in [2.24, 2.45) is 0 Å². The number of hydrogen-bond acceptors (Lipinski definition) is 3. The lowest BCUT2D eigenvalue weighted by Gasteiger charge is -2.13. The van der Waals surface area contributed by atoms with Gasteiger partial charge in [-0.2, -0.15) is 23.0 Å². The van der Waals surface area contributed by atoms with E-state index in [1.165, 1.54) is 30.3 Å². The summed E-state index contributed by atoms with van der Waals surface area (Å²) < 4.78 is 56.5. The molecule has 5 nitrogen and oxygen atoms in total. The number of rotatable bonds is 3. The zero-order chi connectivity index (χ0) is 24.1. The van der Waals surface area contributed by atoms with E-state index < -0.39 is 40.0 Å². The molecule has 0 bridgehead atoms. The molecule has 33 heavy (non-hydrogen) atoms. The highest BCUT2D eigenvalue weighted by atomic mass is 79.9. The number of carbonyl (C=O) groups excluding carboxylic acids is 1. The largest absolute Gasteiger partial charge is 0.478 e. The number of aromatic nitrogens is 2. The molecule has 0 spiro atoms. The Bertz CT molecular complexity index is 1430. The van der Waals surface area contributed by atoms with Gasteiger partial charge in [0, 0.05) is 10.0 Å². The molecule has 0 aliphatic carbocycles. The van der Waals surface area contributed by atoms with E-state index in [1.807, 2.05) is 0 Å². The van der Waals surface area contributed by atoms with Crippen LogP contribution < -0.4 is 0 Å². The quantitative estimate of drug-likeness (QED) is 0.294. The summed E-state index contributed by atoms with van der Waals surface area (Å²) in [4.78, 5) is 24.4. The lowest BCUT2D eigenvalue weighted by atomic mass is 10.0. The second kappa shape index (κ2) is 8.27. The Morgan fingerprint density at radius 3 is 2.33 bits per heavy atom. The molecule has 1 heterocycles. The number of carbonyl (C=O) groups is 2. The number of fused-ring (bicyclic) bond motifs is 1. The van der Waals surface area contributed by atoms with E-state index in [0.29, 0.717) is 10.7 Å². The predicted molar refractivity (Wildman–Crippen MR) is 116 cm³/mol. The minimum Gasteiger partial charge on any atom is -0.478 e. The van der Waals surface area contributed by atoms with Crippen LogP contribution in [0, 0.1) is 5.82 Å². The molecular weight excluding hydrogens is 532 g/mol. The van der Waals surface area contributed by atoms with Gasteiger partial charge in [-0.3, -0.25) is 4.79 Å². The average molecular weight is 542 g/mol. The summed E-state index contributed by atoms with van der Waals surface area (Å²) >= 11 is 9.07. The molecule has 4 aromatic rings. The van der Waals surface area contributed by atoms with E-state index in [-0.39, 0.29) is 32.2 Å². The third-order valence-electron chi connectivity index (χ3n) is 4.83. The topological polar surface area (TPSA) is 72.2 Å². The van der Waals surface area contributed by atoms with Crippen LogP contribution in [0.15, 0.2) is 59.1 Å². The van der Waals surface area contributed by atoms with Gasteiger partial charge in [0.15, 0.2) is 0 Å². The Hall–Kier alpha value is -3.24. The molecule has 0 atom stereocenters. The highest BCUT2D eigenvalue weighted by Crippen LogP contribution is 2.37. The number of aromatic carboxylic acids is 1. The molecule has 0 fully saturated rings. The van der Waals surface area contributed by atoms with Gasteiger partial charge in [0.05, 0.1) is 32.6 Å². The molecule has 11 heteroatoms. The molecule has 1 aromatic heterocycles. The molecule has 168 valence electrons. The Kier molecular flexibility index (Phi) is 5.75. The first-order valence-corrected chi connectivity index (χ1v) is 10.3. The molecule has 0 radical (unpaired) electrons. The number of benzene rings is 3. The number of alkyl halides is 3. The molecule has 0 aliphatic heterocycles. The van der Waals surface area contributed by atoms with Crippen molar-refractivity contribution < 1.29 is 32.3 Å². The first-order chi connectivity index (χ1) is 15.5. The van der Waals surface area contributed by atoms with E-state index >= 15 is 0 Å². The van der Waals surface area contributed by atoms with E-state index in [1.54, 1.807) is 0 Å². The first-order valence-electron chi connectivity index (χ1n) is 9.11. The third kappa shape index (κ3) is 4.11. The summed E-state index contributed by atoms with van der Waals surface area (Å²) in [5.41, 5.74) is -2.02. The van der Waals surface area contributed by atoms with Crippen molar-refractivity contribution in [3.05, 3.63) is 86.6 Å². The normalized spacial score (nSPS) is 11.7. The van der Waals surface area contributed by atoms with E-state index in [0.717, 1.165) is 18.2 Å². The smallest absolute Gasteiger partial charge is 0.417 e. The fourth-order valence-corrected chi connectivity index (χ4v) is 4.05. The molecule has 0 saturated heterocycles. The summed E-state index contributed by atoms with van der Waals surface area (Å²) in [6.45, 7) is 0. The van der Waals surface area contributed by atoms with E-state index in [2.05, 4.69) is 21.0 Å². The lowest BCUT2D eigenvalue weighted by Crippen LogP contribution is -2.20. The average Bonchev–Trinajstić information content (AvgIpc) is 3.12. The van der Waals surface area contributed by atoms with Crippen molar-refractivity contribution in [2.75, 3.05) is 0 Å². The maximum Gasteiger partial charge on any atom is 0.417 e. The standard InChI is InChI=1S/C22H10BrClF4N2O3/c23-12-8-15(25)18-16(9-12)30(29-19(18)10-4-6-11(7-5-10)21(32)33)20(31)17-13(22(26,27)28)2-1-3-14(17)24/h1-9H,(H,32,33). The maximum absolute atomic E-state index is 14.9. The van der Waals surface area contributed by atoms with Crippen LogP contribution in [0.4, 0.5) is 17.6 Å². The molecule has 0 amide bonds. The maximum atomic E-state index is 14.9. The van der Waals surface area contributed by atoms with Crippen LogP contribution in [-0.2, 0) is 6.18 Å². The summed E-state index contributed by atoms with van der Waals surface area (Å²) in [6.07, 6.45) is -4.87. The number of carboxylic acids is 1. The van der Waals surface area contributed by atoms with Crippen LogP contribution in [0.25, 0.3) is 22.2 Å². The molecule has 0 aliphatic rings. The molecular formula is C22H10BrClF4N2O3. The van der Waals surface area contributed by atoms with Crippen molar-refractivity contribution in [3.63, 3.8) is 0 Å². The lowest BCUT2D eigenvalue weighted by molar-refractivity contribution is -0.137. The Balaban J connectivity index is 1.99. The highest BCUT2D eigenvalue weighted by Gasteiger charge is 2.37. The minimum atomic E-state index is -4.87. The van der Waals surface area contributed by atoms with Crippen molar-refractivity contribution in [1.29, 1.82) is 0 Å². The molecule has 3 aromatic carbocycles. The summed E-state index contributed by atoms with van der Waals surface area (Å²) in [7, 11) is 0. The zero-order valence-corrected chi connectivity index (χ0v) is 18.5. The van der Waals surface area contributed by atoms with Crippen LogP contribution >= 0.6 is 27.5 Å². The number of halogens is 6.